The number of methoxy groups -OCH3 is 1. The molecule has 1 amide bonds. The second-order valence-corrected chi connectivity index (χ2v) is 9.49. The van der Waals surface area contributed by atoms with E-state index in [1.54, 1.807) is 0 Å². The van der Waals surface area contributed by atoms with Gasteiger partial charge < -0.3 is 26.9 Å². The lowest BCUT2D eigenvalue weighted by Gasteiger charge is -2.41. The van der Waals surface area contributed by atoms with Crippen molar-refractivity contribution in [2.24, 2.45) is 0 Å². The lowest BCUT2D eigenvalue weighted by molar-refractivity contribution is -0.913. The molecule has 1 fully saturated rings. The van der Waals surface area contributed by atoms with Crippen LogP contribution < -0.4 is 26.9 Å². The van der Waals surface area contributed by atoms with Crippen LogP contribution in [0.2, 0.25) is 0 Å². The molecular formula is C18H31ClN4O5S. The molecule has 11 heteroatoms. The molecule has 1 aliphatic heterocycles. The highest BCUT2D eigenvalue weighted by Gasteiger charge is 2.29. The van der Waals surface area contributed by atoms with Gasteiger partial charge in [0.05, 0.1) is 50.9 Å². The van der Waals surface area contributed by atoms with Crippen molar-refractivity contribution in [3.05, 3.63) is 18.2 Å². The number of likely N-dealkylation sites (N-methyl/N-ethyl adjacent to an activating group) is 2. The minimum Gasteiger partial charge on any atom is -1.00 e. The number of hydrogen-bond donors (Lipinski definition) is 2. The molecule has 29 heavy (non-hydrogen) atoms. The van der Waals surface area contributed by atoms with Gasteiger partial charge in [0.1, 0.15) is 5.75 Å². The Balaban J connectivity index is 0.00000420. The predicted molar refractivity (Wildman–Crippen MR) is 108 cm³/mol. The zero-order valence-electron chi connectivity index (χ0n) is 17.4. The van der Waals surface area contributed by atoms with Crippen LogP contribution in [0.25, 0.3) is 0 Å². The number of amides is 1. The molecule has 1 aromatic carbocycles. The molecule has 0 atom stereocenters. The summed E-state index contributed by atoms with van der Waals surface area (Å²) in [4.78, 5) is 13.5. The van der Waals surface area contributed by atoms with Gasteiger partial charge in [-0.3, -0.25) is 14.9 Å². The van der Waals surface area contributed by atoms with Crippen LogP contribution in [0, 0.1) is 0 Å². The number of halogens is 1. The van der Waals surface area contributed by atoms with Crippen molar-refractivity contribution in [2.45, 2.75) is 13.3 Å². The van der Waals surface area contributed by atoms with Crippen molar-refractivity contribution in [1.82, 2.24) is 4.90 Å². The second-order valence-electron chi connectivity index (χ2n) is 7.57. The average Bonchev–Trinajstić information content (AvgIpc) is 2.63. The first-order valence-electron chi connectivity index (χ1n) is 9.26. The predicted octanol–water partition coefficient (Wildman–Crippen LogP) is -2.03. The normalized spacial score (nSPS) is 16.6. The van der Waals surface area contributed by atoms with Gasteiger partial charge in [-0.15, -0.1) is 4.47 Å². The lowest BCUT2D eigenvalue weighted by atomic mass is 10.2. The number of ether oxygens (including phenoxy) is 1. The first-order valence-corrected chi connectivity index (χ1v) is 10.9. The summed E-state index contributed by atoms with van der Waals surface area (Å²) in [7, 11) is 1.74. The van der Waals surface area contributed by atoms with E-state index in [-0.39, 0.29) is 40.0 Å². The fourth-order valence-corrected chi connectivity index (χ4v) is 4.34. The van der Waals surface area contributed by atoms with E-state index in [0.717, 1.165) is 37.2 Å². The Morgan fingerprint density at radius 1 is 1.34 bits per heavy atom. The van der Waals surface area contributed by atoms with Crippen molar-refractivity contribution in [2.75, 3.05) is 69.5 Å². The molecule has 0 unspecified atom stereocenters. The number of benzene rings is 1. The van der Waals surface area contributed by atoms with Gasteiger partial charge in [-0.2, -0.15) is 0 Å². The largest absolute Gasteiger partial charge is 1.00 e. The van der Waals surface area contributed by atoms with Crippen LogP contribution in [0.15, 0.2) is 18.2 Å². The molecule has 1 aliphatic rings. The van der Waals surface area contributed by atoms with Gasteiger partial charge in [0, 0.05) is 32.5 Å². The number of piperazine rings is 1. The Bertz CT molecular complexity index is 797. The third kappa shape index (κ3) is 7.00. The summed E-state index contributed by atoms with van der Waals surface area (Å²) in [6.07, 6.45) is 0.459. The van der Waals surface area contributed by atoms with E-state index in [4.69, 9.17) is 4.74 Å². The van der Waals surface area contributed by atoms with Crippen LogP contribution in [0.4, 0.5) is 11.4 Å². The summed E-state index contributed by atoms with van der Waals surface area (Å²) in [6, 6.07) is 4.28. The minimum atomic E-state index is -3.89. The molecule has 1 saturated heterocycles. The van der Waals surface area contributed by atoms with E-state index in [2.05, 4.69) is 24.3 Å². The van der Waals surface area contributed by atoms with Crippen LogP contribution in [-0.4, -0.2) is 88.6 Å². The molecule has 1 aromatic rings. The molecule has 0 radical (unpaired) electrons. The molecule has 2 N–H and O–H groups in total. The third-order valence-electron chi connectivity index (χ3n) is 5.12. The molecule has 0 spiro atoms. The number of rotatable bonds is 8. The standard InChI is InChI=1S/C18H30N4O5S.ClH/c1-15(23)19-17-7-6-16(14-18(17)27-4)21(24)28(25,26)13-5-10-22(3)11-8-20(2)9-12-22;/h6-7,14,24H,5,8-13H2,1-4H3;1H. The Morgan fingerprint density at radius 3 is 2.52 bits per heavy atom. The molecule has 0 aliphatic carbocycles. The van der Waals surface area contributed by atoms with Crippen LogP contribution in [0.3, 0.4) is 0 Å². The molecule has 9 nitrogen and oxygen atoms in total. The van der Waals surface area contributed by atoms with Crippen LogP contribution in [-0.2, 0) is 14.8 Å². The smallest absolute Gasteiger partial charge is 0.257 e. The van der Waals surface area contributed by atoms with Gasteiger partial charge in [-0.25, -0.2) is 8.42 Å². The number of sulfonamides is 1. The van der Waals surface area contributed by atoms with Gasteiger partial charge in [0.15, 0.2) is 0 Å². The molecule has 0 saturated carbocycles. The fraction of sp³-hybridized carbons (Fsp3) is 0.611. The Hall–Kier alpha value is -1.59. The number of carbonyl (C=O) groups is 1. The summed E-state index contributed by atoms with van der Waals surface area (Å²) in [6.45, 7) is 6.07. The zero-order valence-corrected chi connectivity index (χ0v) is 19.0. The Morgan fingerprint density at radius 2 is 1.97 bits per heavy atom. The molecule has 0 aromatic heterocycles. The maximum absolute atomic E-state index is 12.5. The van der Waals surface area contributed by atoms with Gasteiger partial charge in [-0.1, -0.05) is 0 Å². The van der Waals surface area contributed by atoms with E-state index >= 15 is 0 Å². The first kappa shape index (κ1) is 25.4. The maximum atomic E-state index is 12.5. The number of carbonyl (C=O) groups excluding carboxylic acids is 1. The van der Waals surface area contributed by atoms with Gasteiger partial charge in [0.2, 0.25) is 5.91 Å². The van der Waals surface area contributed by atoms with Crippen LogP contribution in [0.5, 0.6) is 5.75 Å². The average molecular weight is 451 g/mol. The number of nitrogens with one attached hydrogen (secondary N) is 1. The van der Waals surface area contributed by atoms with Crippen LogP contribution in [0.1, 0.15) is 13.3 Å². The quantitative estimate of drug-likeness (QED) is 0.350. The van der Waals surface area contributed by atoms with Crippen molar-refractivity contribution >= 4 is 27.3 Å². The van der Waals surface area contributed by atoms with Crippen molar-refractivity contribution in [3.63, 3.8) is 0 Å². The SMILES string of the molecule is COc1cc(N(O)S(=O)(=O)CCC[N+]2(C)CCN(C)CC2)ccc1NC(C)=O.[Cl-]. The van der Waals surface area contributed by atoms with E-state index in [0.29, 0.717) is 12.1 Å². The van der Waals surface area contributed by atoms with Crippen molar-refractivity contribution in [1.29, 1.82) is 0 Å². The minimum absolute atomic E-state index is 0. The summed E-state index contributed by atoms with van der Waals surface area (Å²) in [5.74, 6) is -0.166. The number of hydrogen-bond acceptors (Lipinski definition) is 6. The number of quaternary nitrogens is 1. The maximum Gasteiger partial charge on any atom is 0.257 e. The summed E-state index contributed by atoms with van der Waals surface area (Å²) in [5, 5.41) is 12.9. The summed E-state index contributed by atoms with van der Waals surface area (Å²) < 4.78 is 31.4. The monoisotopic (exact) mass is 450 g/mol. The van der Waals surface area contributed by atoms with Gasteiger partial charge in [0.25, 0.3) is 10.0 Å². The first-order chi connectivity index (χ1) is 13.1. The molecule has 166 valence electrons. The Kier molecular flexibility index (Phi) is 9.16. The van der Waals surface area contributed by atoms with Gasteiger partial charge >= 0.3 is 0 Å². The Labute approximate surface area is 179 Å². The van der Waals surface area contributed by atoms with Gasteiger partial charge in [-0.05, 0) is 19.2 Å². The highest BCUT2D eigenvalue weighted by Crippen LogP contribution is 2.30. The molecular weight excluding hydrogens is 420 g/mol. The highest BCUT2D eigenvalue weighted by atomic mass is 35.5. The zero-order chi connectivity index (χ0) is 20.9. The summed E-state index contributed by atoms with van der Waals surface area (Å²) >= 11 is 0. The van der Waals surface area contributed by atoms with E-state index in [1.807, 2.05) is 0 Å². The third-order valence-corrected chi connectivity index (χ3v) is 6.67. The van der Waals surface area contributed by atoms with E-state index in [9.17, 15) is 18.4 Å². The van der Waals surface area contributed by atoms with Crippen LogP contribution >= 0.6 is 0 Å². The molecule has 0 bridgehead atoms. The van der Waals surface area contributed by atoms with Crippen molar-refractivity contribution in [3.8, 4) is 5.75 Å². The van der Waals surface area contributed by atoms with E-state index in [1.165, 1.54) is 32.2 Å². The fourth-order valence-electron chi connectivity index (χ4n) is 3.24. The molecule has 2 rings (SSSR count). The number of nitrogens with zero attached hydrogens (tertiary/aromatic N) is 3. The lowest BCUT2D eigenvalue weighted by Crippen LogP contribution is -3.00. The molecule has 1 heterocycles. The summed E-state index contributed by atoms with van der Waals surface area (Å²) in [5.41, 5.74) is 0.461. The topological polar surface area (TPSA) is 99.2 Å². The van der Waals surface area contributed by atoms with E-state index < -0.39 is 10.0 Å². The van der Waals surface area contributed by atoms with Crippen molar-refractivity contribution < 1.29 is 40.0 Å². The highest BCUT2D eigenvalue weighted by molar-refractivity contribution is 7.92. The number of anilines is 2. The second kappa shape index (κ2) is 10.4.